The van der Waals surface area contributed by atoms with E-state index < -0.39 is 28.9 Å². The first-order valence-electron chi connectivity index (χ1n) is 4.98. The number of carbonyl (C=O) groups excluding carboxylic acids is 2. The average Bonchev–Trinajstić information content (AvgIpc) is 2.56. The van der Waals surface area contributed by atoms with Crippen LogP contribution in [-0.4, -0.2) is 24.1 Å². The van der Waals surface area contributed by atoms with Crippen LogP contribution in [-0.2, 0) is 4.79 Å². The molecular formula is C11H8ClF2NO2. The van der Waals surface area contributed by atoms with Crippen molar-refractivity contribution in [3.63, 3.8) is 0 Å². The van der Waals surface area contributed by atoms with Crippen LogP contribution in [0.25, 0.3) is 0 Å². The third-order valence-electron chi connectivity index (χ3n) is 2.53. The van der Waals surface area contributed by atoms with Crippen molar-refractivity contribution in [1.29, 1.82) is 0 Å². The maximum Gasteiger partial charge on any atom is 0.299 e. The Kier molecular flexibility index (Phi) is 3.11. The van der Waals surface area contributed by atoms with Gasteiger partial charge in [0.15, 0.2) is 0 Å². The quantitative estimate of drug-likeness (QED) is 0.616. The number of carbonyl (C=O) groups is 2. The maximum atomic E-state index is 13.5. The predicted octanol–water partition coefficient (Wildman–Crippen LogP) is 2.12. The zero-order valence-electron chi connectivity index (χ0n) is 8.67. The summed E-state index contributed by atoms with van der Waals surface area (Å²) < 4.78 is 26.9. The lowest BCUT2D eigenvalue weighted by atomic mass is 10.1. The van der Waals surface area contributed by atoms with Crippen LogP contribution in [0.4, 0.5) is 14.5 Å². The highest BCUT2D eigenvalue weighted by Crippen LogP contribution is 2.33. The van der Waals surface area contributed by atoms with Crippen molar-refractivity contribution in [2.24, 2.45) is 0 Å². The fourth-order valence-electron chi connectivity index (χ4n) is 1.78. The zero-order chi connectivity index (χ0) is 12.6. The molecule has 1 aromatic rings. The first kappa shape index (κ1) is 12.0. The molecular weight excluding hydrogens is 252 g/mol. The molecule has 0 fully saturated rings. The standard InChI is InChI=1S/C11H8ClF2NO2/c12-4-1-5-15-9-7(14)3-2-6(13)8(9)10(16)11(15)17/h2-3H,1,4-5H2. The molecule has 17 heavy (non-hydrogen) atoms. The highest BCUT2D eigenvalue weighted by atomic mass is 35.5. The van der Waals surface area contributed by atoms with Crippen molar-refractivity contribution < 1.29 is 18.4 Å². The van der Waals surface area contributed by atoms with E-state index in [4.69, 9.17) is 11.6 Å². The summed E-state index contributed by atoms with van der Waals surface area (Å²) in [5.74, 6) is -3.31. The summed E-state index contributed by atoms with van der Waals surface area (Å²) in [4.78, 5) is 24.0. The lowest BCUT2D eigenvalue weighted by molar-refractivity contribution is -0.114. The van der Waals surface area contributed by atoms with Crippen molar-refractivity contribution in [3.05, 3.63) is 29.3 Å². The van der Waals surface area contributed by atoms with Crippen molar-refractivity contribution in [1.82, 2.24) is 0 Å². The van der Waals surface area contributed by atoms with Crippen LogP contribution in [0, 0.1) is 11.6 Å². The molecule has 0 aromatic heterocycles. The Morgan fingerprint density at radius 3 is 2.47 bits per heavy atom. The summed E-state index contributed by atoms with van der Waals surface area (Å²) in [6, 6.07) is 1.73. The van der Waals surface area contributed by atoms with E-state index in [1.807, 2.05) is 0 Å². The number of benzene rings is 1. The van der Waals surface area contributed by atoms with Crippen LogP contribution >= 0.6 is 11.6 Å². The second-order valence-electron chi connectivity index (χ2n) is 3.58. The summed E-state index contributed by atoms with van der Waals surface area (Å²) in [7, 11) is 0. The minimum atomic E-state index is -1.01. The van der Waals surface area contributed by atoms with Crippen molar-refractivity contribution >= 4 is 29.0 Å². The lowest BCUT2D eigenvalue weighted by Gasteiger charge is -2.16. The third kappa shape index (κ3) is 1.80. The number of fused-ring (bicyclic) bond motifs is 1. The molecule has 1 aliphatic heterocycles. The lowest BCUT2D eigenvalue weighted by Crippen LogP contribution is -2.31. The predicted molar refractivity (Wildman–Crippen MR) is 58.4 cm³/mol. The fourth-order valence-corrected chi connectivity index (χ4v) is 1.90. The maximum absolute atomic E-state index is 13.5. The number of rotatable bonds is 3. The summed E-state index contributed by atoms with van der Waals surface area (Å²) in [6.45, 7) is 0.0987. The van der Waals surface area contributed by atoms with Crippen LogP contribution < -0.4 is 4.90 Å². The minimum absolute atomic E-state index is 0.0987. The number of nitrogens with zero attached hydrogens (tertiary/aromatic N) is 1. The second kappa shape index (κ2) is 4.41. The van der Waals surface area contributed by atoms with E-state index in [-0.39, 0.29) is 18.1 Å². The van der Waals surface area contributed by atoms with E-state index in [0.29, 0.717) is 6.42 Å². The molecule has 0 saturated carbocycles. The van der Waals surface area contributed by atoms with Gasteiger partial charge in [-0.25, -0.2) is 8.78 Å². The Morgan fingerprint density at radius 2 is 1.82 bits per heavy atom. The SMILES string of the molecule is O=C1C(=O)N(CCCCl)c2c(F)ccc(F)c21. The molecule has 0 unspecified atom stereocenters. The van der Waals surface area contributed by atoms with Gasteiger partial charge in [0.2, 0.25) is 0 Å². The average molecular weight is 260 g/mol. The van der Waals surface area contributed by atoms with E-state index in [2.05, 4.69) is 0 Å². The van der Waals surface area contributed by atoms with E-state index >= 15 is 0 Å². The van der Waals surface area contributed by atoms with Gasteiger partial charge < -0.3 is 4.90 Å². The van der Waals surface area contributed by atoms with Crippen molar-refractivity contribution in [2.75, 3.05) is 17.3 Å². The minimum Gasteiger partial charge on any atom is -0.302 e. The molecule has 90 valence electrons. The van der Waals surface area contributed by atoms with Gasteiger partial charge in [-0.15, -0.1) is 11.6 Å². The molecule has 0 N–H and O–H groups in total. The number of anilines is 1. The summed E-state index contributed by atoms with van der Waals surface area (Å²) in [6.07, 6.45) is 0.399. The van der Waals surface area contributed by atoms with Gasteiger partial charge in [0.05, 0.1) is 11.3 Å². The molecule has 1 heterocycles. The molecule has 1 amide bonds. The molecule has 6 heteroatoms. The monoisotopic (exact) mass is 259 g/mol. The normalized spacial score (nSPS) is 14.4. The number of hydrogen-bond donors (Lipinski definition) is 0. The molecule has 1 aliphatic rings. The van der Waals surface area contributed by atoms with E-state index in [9.17, 15) is 18.4 Å². The Labute approximate surface area is 101 Å². The first-order chi connectivity index (χ1) is 8.07. The molecule has 0 atom stereocenters. The summed E-state index contributed by atoms with van der Waals surface area (Å²) in [5, 5.41) is 0. The first-order valence-corrected chi connectivity index (χ1v) is 5.51. The molecule has 0 radical (unpaired) electrons. The Hall–Kier alpha value is -1.49. The van der Waals surface area contributed by atoms with Crippen LogP contribution in [0.2, 0.25) is 0 Å². The Bertz CT molecular complexity index is 504. The third-order valence-corrected chi connectivity index (χ3v) is 2.80. The van der Waals surface area contributed by atoms with Crippen LogP contribution in [0.3, 0.4) is 0 Å². The van der Waals surface area contributed by atoms with Gasteiger partial charge in [-0.05, 0) is 18.6 Å². The number of alkyl halides is 1. The van der Waals surface area contributed by atoms with Crippen molar-refractivity contribution in [2.45, 2.75) is 6.42 Å². The van der Waals surface area contributed by atoms with Crippen LogP contribution in [0.5, 0.6) is 0 Å². The Morgan fingerprint density at radius 1 is 1.18 bits per heavy atom. The molecule has 0 spiro atoms. The van der Waals surface area contributed by atoms with Gasteiger partial charge in [0.1, 0.15) is 11.6 Å². The van der Waals surface area contributed by atoms with Crippen LogP contribution in [0.1, 0.15) is 16.8 Å². The van der Waals surface area contributed by atoms with Gasteiger partial charge in [-0.2, -0.15) is 0 Å². The number of halogens is 3. The number of amides is 1. The number of hydrogen-bond acceptors (Lipinski definition) is 2. The summed E-state index contributed by atoms with van der Waals surface area (Å²) in [5.41, 5.74) is -0.755. The van der Waals surface area contributed by atoms with Gasteiger partial charge in [-0.3, -0.25) is 9.59 Å². The molecule has 3 nitrogen and oxygen atoms in total. The molecule has 0 bridgehead atoms. The molecule has 2 rings (SSSR count). The van der Waals surface area contributed by atoms with Crippen LogP contribution in [0.15, 0.2) is 12.1 Å². The fraction of sp³-hybridized carbons (Fsp3) is 0.273. The van der Waals surface area contributed by atoms with E-state index in [1.54, 1.807) is 0 Å². The van der Waals surface area contributed by atoms with Gasteiger partial charge in [-0.1, -0.05) is 0 Å². The summed E-state index contributed by atoms with van der Waals surface area (Å²) >= 11 is 5.47. The van der Waals surface area contributed by atoms with E-state index in [1.165, 1.54) is 0 Å². The van der Waals surface area contributed by atoms with Gasteiger partial charge >= 0.3 is 0 Å². The Balaban J connectivity index is 2.52. The van der Waals surface area contributed by atoms with Gasteiger partial charge in [0.25, 0.3) is 11.7 Å². The topological polar surface area (TPSA) is 37.4 Å². The van der Waals surface area contributed by atoms with Gasteiger partial charge in [0, 0.05) is 12.4 Å². The van der Waals surface area contributed by atoms with E-state index in [0.717, 1.165) is 17.0 Å². The second-order valence-corrected chi connectivity index (χ2v) is 3.96. The zero-order valence-corrected chi connectivity index (χ0v) is 9.43. The smallest absolute Gasteiger partial charge is 0.299 e. The molecule has 0 aliphatic carbocycles. The van der Waals surface area contributed by atoms with Crippen molar-refractivity contribution in [3.8, 4) is 0 Å². The molecule has 1 aromatic carbocycles. The highest BCUT2D eigenvalue weighted by Gasteiger charge is 2.40. The largest absolute Gasteiger partial charge is 0.302 e. The highest BCUT2D eigenvalue weighted by molar-refractivity contribution is 6.52. The number of Topliss-reactive ketones (excluding diaryl/α,β-unsaturated/α-hetero) is 1. The molecule has 0 saturated heterocycles. The number of ketones is 1.